The molecule has 0 radical (unpaired) electrons. The highest BCUT2D eigenvalue weighted by Gasteiger charge is 2.10. The van der Waals surface area contributed by atoms with Crippen LogP contribution in [0.4, 0.5) is 5.69 Å². The number of carbonyl (C=O) groups is 1. The number of carbonyl (C=O) groups excluding carboxylic acids is 1. The zero-order valence-corrected chi connectivity index (χ0v) is 15.1. The molecule has 0 aliphatic carbocycles. The van der Waals surface area contributed by atoms with Gasteiger partial charge in [0.25, 0.3) is 0 Å². The molecule has 0 saturated heterocycles. The van der Waals surface area contributed by atoms with Crippen molar-refractivity contribution < 1.29 is 9.53 Å². The van der Waals surface area contributed by atoms with E-state index in [9.17, 15) is 4.79 Å². The standard InChI is InChI=1S/C20H24ClNO2/c1-3-5-14-22(15-16-6-10-18(21)11-7-16)19-12-8-17(9-13-19)20(23)24-4-2/h6-13H,3-5,14-15H2,1-2H3. The zero-order valence-electron chi connectivity index (χ0n) is 14.3. The Kier molecular flexibility index (Phi) is 7.13. The number of hydrogen-bond donors (Lipinski definition) is 0. The molecular formula is C20H24ClNO2. The topological polar surface area (TPSA) is 29.5 Å². The van der Waals surface area contributed by atoms with Crippen molar-refractivity contribution in [1.82, 2.24) is 0 Å². The van der Waals surface area contributed by atoms with Crippen LogP contribution >= 0.6 is 11.6 Å². The molecule has 0 N–H and O–H groups in total. The molecule has 0 aliphatic rings. The molecule has 0 amide bonds. The van der Waals surface area contributed by atoms with Crippen molar-refractivity contribution in [3.63, 3.8) is 0 Å². The van der Waals surface area contributed by atoms with Gasteiger partial charge in [0.15, 0.2) is 0 Å². The second-order valence-electron chi connectivity index (χ2n) is 5.67. The molecule has 0 saturated carbocycles. The van der Waals surface area contributed by atoms with Crippen molar-refractivity contribution in [2.45, 2.75) is 33.2 Å². The van der Waals surface area contributed by atoms with Crippen molar-refractivity contribution >= 4 is 23.3 Å². The second kappa shape index (κ2) is 9.33. The molecule has 3 nitrogen and oxygen atoms in total. The normalized spacial score (nSPS) is 10.5. The van der Waals surface area contributed by atoms with Gasteiger partial charge in [0.2, 0.25) is 0 Å². The molecule has 0 aliphatic heterocycles. The van der Waals surface area contributed by atoms with Gasteiger partial charge in [0, 0.05) is 23.8 Å². The Hall–Kier alpha value is -2.00. The first-order chi connectivity index (χ1) is 11.6. The van der Waals surface area contributed by atoms with Gasteiger partial charge in [0.1, 0.15) is 0 Å². The fourth-order valence-electron chi connectivity index (χ4n) is 2.48. The van der Waals surface area contributed by atoms with Crippen molar-refractivity contribution in [1.29, 1.82) is 0 Å². The molecule has 0 aromatic heterocycles. The van der Waals surface area contributed by atoms with Crippen molar-refractivity contribution in [3.05, 3.63) is 64.7 Å². The molecule has 0 spiro atoms. The minimum Gasteiger partial charge on any atom is -0.462 e. The summed E-state index contributed by atoms with van der Waals surface area (Å²) in [5, 5.41) is 0.748. The fourth-order valence-corrected chi connectivity index (χ4v) is 2.61. The Bertz CT molecular complexity index is 638. The lowest BCUT2D eigenvalue weighted by molar-refractivity contribution is 0.0526. The largest absolute Gasteiger partial charge is 0.462 e. The van der Waals surface area contributed by atoms with Gasteiger partial charge in [-0.3, -0.25) is 0 Å². The quantitative estimate of drug-likeness (QED) is 0.606. The average Bonchev–Trinajstić information content (AvgIpc) is 2.60. The van der Waals surface area contributed by atoms with Crippen LogP contribution in [0.1, 0.15) is 42.6 Å². The number of esters is 1. The lowest BCUT2D eigenvalue weighted by atomic mass is 10.1. The molecule has 0 unspecified atom stereocenters. The van der Waals surface area contributed by atoms with Crippen LogP contribution in [-0.2, 0) is 11.3 Å². The number of anilines is 1. The molecule has 4 heteroatoms. The van der Waals surface area contributed by atoms with E-state index in [1.54, 1.807) is 0 Å². The zero-order chi connectivity index (χ0) is 17.4. The van der Waals surface area contributed by atoms with E-state index in [2.05, 4.69) is 11.8 Å². The van der Waals surface area contributed by atoms with E-state index >= 15 is 0 Å². The van der Waals surface area contributed by atoms with Gasteiger partial charge in [-0.25, -0.2) is 4.79 Å². The summed E-state index contributed by atoms with van der Waals surface area (Å²) in [6.07, 6.45) is 2.26. The van der Waals surface area contributed by atoms with Crippen molar-refractivity contribution in [3.8, 4) is 0 Å². The Morgan fingerprint density at radius 3 is 2.29 bits per heavy atom. The van der Waals surface area contributed by atoms with Gasteiger partial charge < -0.3 is 9.64 Å². The molecule has 2 aromatic carbocycles. The summed E-state index contributed by atoms with van der Waals surface area (Å²) in [5.74, 6) is -0.276. The summed E-state index contributed by atoms with van der Waals surface area (Å²) < 4.78 is 5.03. The first-order valence-corrected chi connectivity index (χ1v) is 8.78. The van der Waals surface area contributed by atoms with E-state index in [0.29, 0.717) is 12.2 Å². The van der Waals surface area contributed by atoms with E-state index in [-0.39, 0.29) is 5.97 Å². The second-order valence-corrected chi connectivity index (χ2v) is 6.11. The predicted octanol–water partition coefficient (Wildman–Crippen LogP) is 5.32. The van der Waals surface area contributed by atoms with Gasteiger partial charge in [-0.05, 0) is 55.3 Å². The first kappa shape index (κ1) is 18.3. The Morgan fingerprint density at radius 1 is 1.04 bits per heavy atom. The molecular weight excluding hydrogens is 322 g/mol. The molecule has 2 rings (SSSR count). The molecule has 0 atom stereocenters. The third kappa shape index (κ3) is 5.27. The monoisotopic (exact) mass is 345 g/mol. The van der Waals surface area contributed by atoms with Gasteiger partial charge in [0.05, 0.1) is 12.2 Å². The molecule has 0 heterocycles. The summed E-state index contributed by atoms with van der Waals surface area (Å²) in [7, 11) is 0. The lowest BCUT2D eigenvalue weighted by Crippen LogP contribution is -2.23. The van der Waals surface area contributed by atoms with Gasteiger partial charge in [-0.1, -0.05) is 37.1 Å². The predicted molar refractivity (Wildman–Crippen MR) is 99.8 cm³/mol. The van der Waals surface area contributed by atoms with Crippen LogP contribution in [0.25, 0.3) is 0 Å². The number of hydrogen-bond acceptors (Lipinski definition) is 3. The average molecular weight is 346 g/mol. The number of nitrogens with zero attached hydrogens (tertiary/aromatic N) is 1. The Balaban J connectivity index is 2.14. The number of unbranched alkanes of at least 4 members (excludes halogenated alkanes) is 1. The number of halogens is 1. The van der Waals surface area contributed by atoms with Crippen LogP contribution in [0, 0.1) is 0 Å². The summed E-state index contributed by atoms with van der Waals surface area (Å²) in [6, 6.07) is 15.6. The smallest absolute Gasteiger partial charge is 0.338 e. The molecule has 0 bridgehead atoms. The van der Waals surface area contributed by atoms with Crippen LogP contribution in [0.15, 0.2) is 48.5 Å². The number of rotatable bonds is 8. The summed E-state index contributed by atoms with van der Waals surface area (Å²) in [5.41, 5.74) is 2.90. The van der Waals surface area contributed by atoms with Crippen molar-refractivity contribution in [2.24, 2.45) is 0 Å². The van der Waals surface area contributed by atoms with Gasteiger partial charge in [-0.2, -0.15) is 0 Å². The number of benzene rings is 2. The first-order valence-electron chi connectivity index (χ1n) is 8.40. The molecule has 24 heavy (non-hydrogen) atoms. The maximum absolute atomic E-state index is 11.8. The minimum atomic E-state index is -0.276. The summed E-state index contributed by atoms with van der Waals surface area (Å²) in [6.45, 7) is 6.17. The van der Waals surface area contributed by atoms with Crippen LogP contribution in [0.5, 0.6) is 0 Å². The number of ether oxygens (including phenoxy) is 1. The Labute approximate surface area is 149 Å². The molecule has 2 aromatic rings. The highest BCUT2D eigenvalue weighted by atomic mass is 35.5. The van der Waals surface area contributed by atoms with Crippen LogP contribution < -0.4 is 4.90 Å². The minimum absolute atomic E-state index is 0.276. The van der Waals surface area contributed by atoms with Crippen molar-refractivity contribution in [2.75, 3.05) is 18.1 Å². The fraction of sp³-hybridized carbons (Fsp3) is 0.350. The third-order valence-corrected chi connectivity index (χ3v) is 4.06. The van der Waals surface area contributed by atoms with E-state index in [1.165, 1.54) is 5.56 Å². The summed E-state index contributed by atoms with van der Waals surface area (Å²) in [4.78, 5) is 14.1. The van der Waals surface area contributed by atoms with E-state index in [4.69, 9.17) is 16.3 Å². The highest BCUT2D eigenvalue weighted by Crippen LogP contribution is 2.20. The molecule has 0 fully saturated rings. The van der Waals surface area contributed by atoms with Crippen LogP contribution in [0.2, 0.25) is 5.02 Å². The lowest BCUT2D eigenvalue weighted by Gasteiger charge is -2.25. The van der Waals surface area contributed by atoms with Gasteiger partial charge >= 0.3 is 5.97 Å². The van der Waals surface area contributed by atoms with Crippen LogP contribution in [0.3, 0.4) is 0 Å². The maximum atomic E-state index is 11.8. The van der Waals surface area contributed by atoms with Crippen LogP contribution in [-0.4, -0.2) is 19.1 Å². The maximum Gasteiger partial charge on any atom is 0.338 e. The Morgan fingerprint density at radius 2 is 1.71 bits per heavy atom. The van der Waals surface area contributed by atoms with E-state index in [1.807, 2.05) is 55.5 Å². The third-order valence-electron chi connectivity index (χ3n) is 3.81. The van der Waals surface area contributed by atoms with E-state index < -0.39 is 0 Å². The van der Waals surface area contributed by atoms with Gasteiger partial charge in [-0.15, -0.1) is 0 Å². The highest BCUT2D eigenvalue weighted by molar-refractivity contribution is 6.30. The van der Waals surface area contributed by atoms with E-state index in [0.717, 1.165) is 36.6 Å². The SMILES string of the molecule is CCCCN(Cc1ccc(Cl)cc1)c1ccc(C(=O)OCC)cc1. The summed E-state index contributed by atoms with van der Waals surface area (Å²) >= 11 is 5.96. The molecule has 128 valence electrons.